The summed E-state index contributed by atoms with van der Waals surface area (Å²) in [5.41, 5.74) is 2.25. The molecule has 82 valence electrons. The van der Waals surface area contributed by atoms with Crippen molar-refractivity contribution in [3.63, 3.8) is 0 Å². The zero-order chi connectivity index (χ0) is 11.5. The van der Waals surface area contributed by atoms with E-state index in [-0.39, 0.29) is 5.82 Å². The third-order valence-corrected chi connectivity index (χ3v) is 2.38. The summed E-state index contributed by atoms with van der Waals surface area (Å²) in [6.07, 6.45) is 1.61. The van der Waals surface area contributed by atoms with Crippen molar-refractivity contribution in [2.75, 3.05) is 5.32 Å². The first-order valence-electron chi connectivity index (χ1n) is 4.80. The molecule has 1 N–H and O–H groups in total. The van der Waals surface area contributed by atoms with Crippen LogP contribution in [-0.4, -0.2) is 4.98 Å². The number of anilines is 2. The summed E-state index contributed by atoms with van der Waals surface area (Å²) >= 11 is 5.76. The molecule has 1 aromatic carbocycles. The minimum Gasteiger partial charge on any atom is -0.355 e. The summed E-state index contributed by atoms with van der Waals surface area (Å²) in [6, 6.07) is 8.35. The van der Waals surface area contributed by atoms with E-state index in [9.17, 15) is 4.39 Å². The molecule has 1 heterocycles. The van der Waals surface area contributed by atoms with Gasteiger partial charge in [0.15, 0.2) is 0 Å². The summed E-state index contributed by atoms with van der Waals surface area (Å²) in [7, 11) is 0. The fourth-order valence-electron chi connectivity index (χ4n) is 1.37. The first-order valence-corrected chi connectivity index (χ1v) is 5.18. The molecule has 0 atom stereocenters. The molecule has 2 rings (SSSR count). The Morgan fingerprint density at radius 3 is 2.62 bits per heavy atom. The maximum atomic E-state index is 13.0. The molecule has 0 amide bonds. The quantitative estimate of drug-likeness (QED) is 0.800. The van der Waals surface area contributed by atoms with Gasteiger partial charge in [-0.25, -0.2) is 9.37 Å². The topological polar surface area (TPSA) is 24.9 Å². The highest BCUT2D eigenvalue weighted by Crippen LogP contribution is 2.20. The predicted octanol–water partition coefficient (Wildman–Crippen LogP) is 3.93. The van der Waals surface area contributed by atoms with Crippen molar-refractivity contribution in [3.8, 4) is 0 Å². The van der Waals surface area contributed by atoms with E-state index >= 15 is 0 Å². The number of hydrogen-bond acceptors (Lipinski definition) is 2. The molecule has 0 radical (unpaired) electrons. The molecule has 2 nitrogen and oxygen atoms in total. The third kappa shape index (κ3) is 2.49. The summed E-state index contributed by atoms with van der Waals surface area (Å²) in [5.74, 6) is -0.210. The monoisotopic (exact) mass is 236 g/mol. The number of aromatic nitrogens is 1. The molecule has 0 fully saturated rings. The van der Waals surface area contributed by atoms with Crippen molar-refractivity contribution < 1.29 is 4.39 Å². The predicted molar refractivity (Wildman–Crippen MR) is 63.7 cm³/mol. The third-order valence-electron chi connectivity index (χ3n) is 2.17. The van der Waals surface area contributed by atoms with E-state index in [0.29, 0.717) is 10.7 Å². The molecule has 0 aliphatic carbocycles. The first-order chi connectivity index (χ1) is 7.65. The van der Waals surface area contributed by atoms with Crippen LogP contribution in [0, 0.1) is 12.7 Å². The van der Waals surface area contributed by atoms with Gasteiger partial charge in [0.2, 0.25) is 0 Å². The lowest BCUT2D eigenvalue weighted by Gasteiger charge is -2.07. The van der Waals surface area contributed by atoms with Crippen LogP contribution in [0.2, 0.25) is 5.15 Å². The van der Waals surface area contributed by atoms with Gasteiger partial charge in [0, 0.05) is 17.6 Å². The standard InChI is InChI=1S/C12H10ClFN2/c1-8-6-9(2-3-11(8)14)16-10-4-5-15-12(13)7-10/h2-7H,1H3,(H,15,16). The Labute approximate surface area is 98.1 Å². The number of halogens is 2. The van der Waals surface area contributed by atoms with E-state index in [2.05, 4.69) is 10.3 Å². The first kappa shape index (κ1) is 10.9. The Kier molecular flexibility index (Phi) is 3.06. The van der Waals surface area contributed by atoms with Crippen LogP contribution < -0.4 is 5.32 Å². The van der Waals surface area contributed by atoms with Gasteiger partial charge in [0.05, 0.1) is 0 Å². The van der Waals surface area contributed by atoms with E-state index in [1.165, 1.54) is 6.07 Å². The van der Waals surface area contributed by atoms with E-state index in [4.69, 9.17) is 11.6 Å². The zero-order valence-corrected chi connectivity index (χ0v) is 9.42. The van der Waals surface area contributed by atoms with Gasteiger partial charge >= 0.3 is 0 Å². The van der Waals surface area contributed by atoms with Crippen LogP contribution in [0.5, 0.6) is 0 Å². The largest absolute Gasteiger partial charge is 0.355 e. The van der Waals surface area contributed by atoms with Gasteiger partial charge in [-0.1, -0.05) is 11.6 Å². The van der Waals surface area contributed by atoms with Gasteiger partial charge < -0.3 is 5.32 Å². The smallest absolute Gasteiger partial charge is 0.131 e. The fraction of sp³-hybridized carbons (Fsp3) is 0.0833. The number of pyridine rings is 1. The molecule has 0 aliphatic rings. The number of nitrogens with zero attached hydrogens (tertiary/aromatic N) is 1. The highest BCUT2D eigenvalue weighted by atomic mass is 35.5. The molecule has 16 heavy (non-hydrogen) atoms. The van der Waals surface area contributed by atoms with Crippen LogP contribution in [0.3, 0.4) is 0 Å². The van der Waals surface area contributed by atoms with E-state index in [1.54, 1.807) is 37.4 Å². The highest BCUT2D eigenvalue weighted by Gasteiger charge is 2.00. The van der Waals surface area contributed by atoms with Gasteiger partial charge in [-0.3, -0.25) is 0 Å². The second kappa shape index (κ2) is 4.49. The summed E-state index contributed by atoms with van der Waals surface area (Å²) in [4.78, 5) is 3.88. The molecule has 0 saturated carbocycles. The van der Waals surface area contributed by atoms with Crippen molar-refractivity contribution >= 4 is 23.0 Å². The molecule has 0 spiro atoms. The minimum absolute atomic E-state index is 0.210. The van der Waals surface area contributed by atoms with Crippen molar-refractivity contribution in [2.24, 2.45) is 0 Å². The molecule has 0 aliphatic heterocycles. The van der Waals surface area contributed by atoms with Crippen LogP contribution in [0.15, 0.2) is 36.5 Å². The lowest BCUT2D eigenvalue weighted by atomic mass is 10.2. The van der Waals surface area contributed by atoms with Crippen LogP contribution >= 0.6 is 11.6 Å². The maximum Gasteiger partial charge on any atom is 0.131 e. The van der Waals surface area contributed by atoms with Crippen LogP contribution in [0.25, 0.3) is 0 Å². The molecule has 0 saturated heterocycles. The highest BCUT2D eigenvalue weighted by molar-refractivity contribution is 6.29. The van der Waals surface area contributed by atoms with Gasteiger partial charge in [0.25, 0.3) is 0 Å². The molecule has 0 unspecified atom stereocenters. The van der Waals surface area contributed by atoms with Crippen LogP contribution in [-0.2, 0) is 0 Å². The van der Waals surface area contributed by atoms with Crippen molar-refractivity contribution in [3.05, 3.63) is 53.1 Å². The van der Waals surface area contributed by atoms with Gasteiger partial charge in [0.1, 0.15) is 11.0 Å². The molecule has 4 heteroatoms. The Hall–Kier alpha value is -1.61. The summed E-state index contributed by atoms with van der Waals surface area (Å²) in [6.45, 7) is 1.72. The van der Waals surface area contributed by atoms with E-state index in [1.807, 2.05) is 0 Å². The number of nitrogens with one attached hydrogen (secondary N) is 1. The SMILES string of the molecule is Cc1cc(Nc2ccnc(Cl)c2)ccc1F. The minimum atomic E-state index is -0.210. The Morgan fingerprint density at radius 1 is 1.19 bits per heavy atom. The van der Waals surface area contributed by atoms with E-state index in [0.717, 1.165) is 11.4 Å². The van der Waals surface area contributed by atoms with Crippen LogP contribution in [0.1, 0.15) is 5.56 Å². The number of hydrogen-bond donors (Lipinski definition) is 1. The summed E-state index contributed by atoms with van der Waals surface area (Å²) in [5, 5.41) is 3.54. The molecule has 1 aromatic heterocycles. The fourth-order valence-corrected chi connectivity index (χ4v) is 1.54. The Bertz CT molecular complexity index is 514. The average molecular weight is 237 g/mol. The van der Waals surface area contributed by atoms with Crippen LogP contribution in [0.4, 0.5) is 15.8 Å². The Balaban J connectivity index is 2.24. The lowest BCUT2D eigenvalue weighted by Crippen LogP contribution is -1.92. The number of aryl methyl sites for hydroxylation is 1. The zero-order valence-electron chi connectivity index (χ0n) is 8.67. The normalized spacial score (nSPS) is 10.2. The Morgan fingerprint density at radius 2 is 1.94 bits per heavy atom. The van der Waals surface area contributed by atoms with Gasteiger partial charge in [-0.05, 0) is 42.8 Å². The van der Waals surface area contributed by atoms with E-state index < -0.39 is 0 Å². The lowest BCUT2D eigenvalue weighted by molar-refractivity contribution is 0.619. The van der Waals surface area contributed by atoms with Gasteiger partial charge in [-0.2, -0.15) is 0 Å². The average Bonchev–Trinajstić information content (AvgIpc) is 2.24. The summed E-state index contributed by atoms with van der Waals surface area (Å²) < 4.78 is 13.0. The molecule has 0 bridgehead atoms. The second-order valence-corrected chi connectivity index (χ2v) is 3.84. The van der Waals surface area contributed by atoms with Gasteiger partial charge in [-0.15, -0.1) is 0 Å². The van der Waals surface area contributed by atoms with Crippen molar-refractivity contribution in [2.45, 2.75) is 6.92 Å². The maximum absolute atomic E-state index is 13.0. The second-order valence-electron chi connectivity index (χ2n) is 3.46. The van der Waals surface area contributed by atoms with Crippen molar-refractivity contribution in [1.29, 1.82) is 0 Å². The molecular weight excluding hydrogens is 227 g/mol. The molecule has 2 aromatic rings. The number of benzene rings is 1. The molecular formula is C12H10ClFN2. The number of rotatable bonds is 2. The van der Waals surface area contributed by atoms with Crippen molar-refractivity contribution in [1.82, 2.24) is 4.98 Å².